The van der Waals surface area contributed by atoms with E-state index in [-0.39, 0.29) is 12.5 Å². The molecule has 0 saturated carbocycles. The van der Waals surface area contributed by atoms with E-state index in [0.29, 0.717) is 27.7 Å². The van der Waals surface area contributed by atoms with Crippen molar-refractivity contribution in [2.75, 3.05) is 0 Å². The Labute approximate surface area is 200 Å². The van der Waals surface area contributed by atoms with Gasteiger partial charge in [0.1, 0.15) is 11.4 Å². The highest BCUT2D eigenvalue weighted by Gasteiger charge is 2.43. The summed E-state index contributed by atoms with van der Waals surface area (Å²) < 4.78 is 13.9. The lowest BCUT2D eigenvalue weighted by molar-refractivity contribution is -0.123. The van der Waals surface area contributed by atoms with Gasteiger partial charge in [-0.2, -0.15) is 0 Å². The van der Waals surface area contributed by atoms with Crippen molar-refractivity contribution in [1.29, 1.82) is 0 Å². The van der Waals surface area contributed by atoms with Gasteiger partial charge in [-0.3, -0.25) is 14.9 Å². The van der Waals surface area contributed by atoms with Crippen molar-refractivity contribution < 1.29 is 18.8 Å². The zero-order valence-electron chi connectivity index (χ0n) is 18.8. The number of carbonyl (C=O) groups excluding carboxylic acids is 3. The largest absolute Gasteiger partial charge is 0.348 e. The van der Waals surface area contributed by atoms with Crippen LogP contribution in [0.25, 0.3) is 22.2 Å². The van der Waals surface area contributed by atoms with Crippen molar-refractivity contribution >= 4 is 28.7 Å². The fraction of sp³-hybridized carbons (Fsp3) is 0.111. The summed E-state index contributed by atoms with van der Waals surface area (Å²) in [6.45, 7) is 1.81. The van der Waals surface area contributed by atoms with Gasteiger partial charge in [0.25, 0.3) is 11.8 Å². The summed E-state index contributed by atoms with van der Waals surface area (Å²) in [4.78, 5) is 41.7. The fourth-order valence-corrected chi connectivity index (χ4v) is 4.16. The van der Waals surface area contributed by atoms with Crippen LogP contribution < -0.4 is 16.0 Å². The van der Waals surface area contributed by atoms with E-state index in [1.807, 2.05) is 36.4 Å². The number of amides is 4. The van der Waals surface area contributed by atoms with E-state index >= 15 is 0 Å². The number of aromatic nitrogens is 1. The number of nitrogens with one attached hydrogen (secondary N) is 3. The van der Waals surface area contributed by atoms with Gasteiger partial charge in [-0.25, -0.2) is 14.2 Å². The van der Waals surface area contributed by atoms with Crippen LogP contribution in [0.3, 0.4) is 0 Å². The van der Waals surface area contributed by atoms with Crippen molar-refractivity contribution in [3.63, 3.8) is 0 Å². The Balaban J connectivity index is 1.44. The number of rotatable bonds is 5. The third kappa shape index (κ3) is 4.21. The maximum absolute atomic E-state index is 13.9. The lowest BCUT2D eigenvalue weighted by atomic mass is 9.91. The minimum Gasteiger partial charge on any atom is -0.348 e. The summed E-state index contributed by atoms with van der Waals surface area (Å²) >= 11 is 0. The van der Waals surface area contributed by atoms with Gasteiger partial charge in [-0.05, 0) is 36.2 Å². The quantitative estimate of drug-likeness (QED) is 0.385. The predicted octanol–water partition coefficient (Wildman–Crippen LogP) is 4.03. The molecule has 1 aliphatic heterocycles. The second kappa shape index (κ2) is 8.64. The van der Waals surface area contributed by atoms with Gasteiger partial charge in [0, 0.05) is 23.6 Å². The van der Waals surface area contributed by atoms with Crippen LogP contribution in [0.15, 0.2) is 78.9 Å². The van der Waals surface area contributed by atoms with E-state index in [9.17, 15) is 18.8 Å². The van der Waals surface area contributed by atoms with Crippen LogP contribution in [0.4, 0.5) is 9.18 Å². The van der Waals surface area contributed by atoms with Crippen LogP contribution in [-0.2, 0) is 16.9 Å². The van der Waals surface area contributed by atoms with Gasteiger partial charge in [0.2, 0.25) is 0 Å². The summed E-state index contributed by atoms with van der Waals surface area (Å²) in [6, 6.07) is 21.8. The Morgan fingerprint density at radius 1 is 1.00 bits per heavy atom. The average Bonchev–Trinajstić information content (AvgIpc) is 3.14. The van der Waals surface area contributed by atoms with E-state index in [2.05, 4.69) is 20.9 Å². The van der Waals surface area contributed by atoms with E-state index in [1.165, 1.54) is 12.1 Å². The second-order valence-electron chi connectivity index (χ2n) is 8.50. The smallest absolute Gasteiger partial charge is 0.322 e. The van der Waals surface area contributed by atoms with E-state index in [0.717, 1.165) is 11.1 Å². The normalized spacial score (nSPS) is 17.2. The molecule has 4 aromatic rings. The average molecular weight is 468 g/mol. The van der Waals surface area contributed by atoms with Gasteiger partial charge < -0.3 is 10.6 Å². The molecule has 1 aliphatic rings. The molecule has 0 aliphatic carbocycles. The van der Waals surface area contributed by atoms with Crippen LogP contribution in [0.2, 0.25) is 0 Å². The van der Waals surface area contributed by atoms with E-state index in [4.69, 9.17) is 0 Å². The first-order valence-electron chi connectivity index (χ1n) is 11.0. The topological polar surface area (TPSA) is 100 Å². The highest BCUT2D eigenvalue weighted by Crippen LogP contribution is 2.27. The third-order valence-electron chi connectivity index (χ3n) is 6.09. The minimum absolute atomic E-state index is 0.185. The third-order valence-corrected chi connectivity index (χ3v) is 6.09. The Kier molecular flexibility index (Phi) is 5.49. The van der Waals surface area contributed by atoms with Crippen LogP contribution in [0, 0.1) is 5.82 Å². The summed E-state index contributed by atoms with van der Waals surface area (Å²) in [5.41, 5.74) is 2.29. The molecule has 1 atom stereocenters. The number of hydrogen-bond donors (Lipinski definition) is 3. The monoisotopic (exact) mass is 468 g/mol. The van der Waals surface area contributed by atoms with Crippen LogP contribution >= 0.6 is 0 Å². The molecule has 1 aromatic heterocycles. The molecule has 174 valence electrons. The molecular weight excluding hydrogens is 447 g/mol. The molecule has 1 saturated heterocycles. The molecule has 1 unspecified atom stereocenters. The first-order valence-corrected chi connectivity index (χ1v) is 11.0. The lowest BCUT2D eigenvalue weighted by Crippen LogP contribution is -2.40. The number of imide groups is 1. The highest BCUT2D eigenvalue weighted by atomic mass is 19.1. The van der Waals surface area contributed by atoms with Crippen LogP contribution in [0.1, 0.15) is 28.4 Å². The zero-order chi connectivity index (χ0) is 24.6. The second-order valence-corrected chi connectivity index (χ2v) is 8.50. The molecule has 1 fully saturated rings. The molecule has 7 nitrogen and oxygen atoms in total. The molecule has 8 heteroatoms. The maximum Gasteiger partial charge on any atom is 0.322 e. The molecule has 2 heterocycles. The van der Waals surface area contributed by atoms with Crippen LogP contribution in [0.5, 0.6) is 0 Å². The van der Waals surface area contributed by atoms with Crippen LogP contribution in [-0.4, -0.2) is 22.8 Å². The summed E-state index contributed by atoms with van der Waals surface area (Å²) in [6.07, 6.45) is 0. The molecule has 0 spiro atoms. The summed E-state index contributed by atoms with van der Waals surface area (Å²) in [5.74, 6) is -1.22. The summed E-state index contributed by atoms with van der Waals surface area (Å²) in [7, 11) is 0. The number of benzene rings is 3. The Bertz CT molecular complexity index is 1490. The van der Waals surface area contributed by atoms with Crippen molar-refractivity contribution in [3.8, 4) is 11.3 Å². The van der Waals surface area contributed by atoms with Gasteiger partial charge in [0.15, 0.2) is 0 Å². The highest BCUT2D eigenvalue weighted by molar-refractivity contribution is 6.08. The molecule has 35 heavy (non-hydrogen) atoms. The fourth-order valence-electron chi connectivity index (χ4n) is 4.16. The Morgan fingerprint density at radius 3 is 2.54 bits per heavy atom. The first-order chi connectivity index (χ1) is 16.8. The minimum atomic E-state index is -1.19. The van der Waals surface area contributed by atoms with E-state index < -0.39 is 23.3 Å². The van der Waals surface area contributed by atoms with Gasteiger partial charge in [-0.1, -0.05) is 54.6 Å². The summed E-state index contributed by atoms with van der Waals surface area (Å²) in [5, 5.41) is 8.32. The molecule has 3 aromatic carbocycles. The zero-order valence-corrected chi connectivity index (χ0v) is 18.8. The van der Waals surface area contributed by atoms with Gasteiger partial charge in [-0.15, -0.1) is 0 Å². The Hall–Kier alpha value is -4.59. The number of nitrogens with zero attached hydrogens (tertiary/aromatic N) is 1. The van der Waals surface area contributed by atoms with Crippen molar-refractivity contribution in [2.45, 2.75) is 19.0 Å². The van der Waals surface area contributed by atoms with E-state index in [1.54, 1.807) is 37.3 Å². The number of fused-ring (bicyclic) bond motifs is 1. The maximum atomic E-state index is 13.9. The van der Waals surface area contributed by atoms with Gasteiger partial charge in [0.05, 0.1) is 16.8 Å². The number of halogens is 1. The standard InChI is InChI=1S/C27H21FN4O3/c1-27(25(34)31-26(35)32-27)18-9-5-6-16(12-18)15-29-24(33)21-14-22(17-7-3-2-4-8-17)30-23-13-19(28)10-11-20(21)23/h2-14H,15H2,1H3,(H,29,33)(H2,31,32,34,35). The van der Waals surface area contributed by atoms with Crippen molar-refractivity contribution in [2.24, 2.45) is 0 Å². The number of pyridine rings is 1. The Morgan fingerprint density at radius 2 is 1.80 bits per heavy atom. The lowest BCUT2D eigenvalue weighted by Gasteiger charge is -2.21. The molecule has 5 rings (SSSR count). The number of carbonyl (C=O) groups is 3. The van der Waals surface area contributed by atoms with Crippen molar-refractivity contribution in [1.82, 2.24) is 20.9 Å². The van der Waals surface area contributed by atoms with Crippen molar-refractivity contribution in [3.05, 3.63) is 101 Å². The molecule has 0 radical (unpaired) electrons. The number of hydrogen-bond acceptors (Lipinski definition) is 4. The molecule has 0 bridgehead atoms. The molecule has 4 amide bonds. The predicted molar refractivity (Wildman–Crippen MR) is 129 cm³/mol. The first kappa shape index (κ1) is 22.2. The SMILES string of the molecule is CC1(c2cccc(CNC(=O)c3cc(-c4ccccc4)nc4cc(F)ccc34)c2)NC(=O)NC1=O. The number of urea groups is 1. The molecule has 3 N–H and O–H groups in total. The molecular formula is C27H21FN4O3. The van der Waals surface area contributed by atoms with Gasteiger partial charge >= 0.3 is 6.03 Å².